The lowest BCUT2D eigenvalue weighted by molar-refractivity contribution is 0.116. The van der Waals surface area contributed by atoms with Crippen LogP contribution >= 0.6 is 0 Å². The second kappa shape index (κ2) is 6.12. The third-order valence-corrected chi connectivity index (χ3v) is 4.13. The van der Waals surface area contributed by atoms with E-state index in [1.807, 2.05) is 24.3 Å². The number of hydrogen-bond acceptors (Lipinski definition) is 3. The molecule has 0 bridgehead atoms. The molecule has 5 heteroatoms. The van der Waals surface area contributed by atoms with Gasteiger partial charge in [-0.3, -0.25) is 5.41 Å². The topological polar surface area (TPSA) is 79.4 Å². The molecule has 3 rings (SSSR count). The lowest BCUT2D eigenvalue weighted by atomic mass is 10.0. The van der Waals surface area contributed by atoms with E-state index in [-0.39, 0.29) is 12.6 Å². The minimum atomic E-state index is -0.590. The molecule has 1 amide bonds. The zero-order chi connectivity index (χ0) is 16.4. The Hall–Kier alpha value is -2.82. The zero-order valence-corrected chi connectivity index (χ0v) is 13.0. The number of nitrogens with two attached hydrogens (primary N) is 1. The molecule has 118 valence electrons. The predicted octanol–water partition coefficient (Wildman–Crippen LogP) is 3.11. The van der Waals surface area contributed by atoms with Gasteiger partial charge in [0.2, 0.25) is 0 Å². The van der Waals surface area contributed by atoms with E-state index < -0.39 is 6.09 Å². The van der Waals surface area contributed by atoms with Crippen molar-refractivity contribution in [1.29, 1.82) is 5.41 Å². The standard InChI is InChI=1S/C18H19N3O2/c1-2-21(17(19)20)18(22)23-11-13-7-5-9-15-14-8-4-3-6-12(14)10-16(13)15/h3-9H,2,10-11H2,1H3,(H3,19,20). The fourth-order valence-electron chi connectivity index (χ4n) is 2.97. The van der Waals surface area contributed by atoms with Crippen molar-refractivity contribution in [1.82, 2.24) is 4.90 Å². The Bertz CT molecular complexity index is 771. The Morgan fingerprint density at radius 2 is 1.96 bits per heavy atom. The Kier molecular flexibility index (Phi) is 4.02. The van der Waals surface area contributed by atoms with Crippen molar-refractivity contribution in [3.63, 3.8) is 0 Å². The molecule has 0 saturated heterocycles. The molecule has 2 aromatic carbocycles. The van der Waals surface area contributed by atoms with E-state index in [1.165, 1.54) is 22.3 Å². The number of nitrogens with zero attached hydrogens (tertiary/aromatic N) is 1. The number of carbonyl (C=O) groups is 1. The maximum atomic E-state index is 12.0. The Morgan fingerprint density at radius 3 is 2.70 bits per heavy atom. The number of rotatable bonds is 3. The highest BCUT2D eigenvalue weighted by Gasteiger charge is 2.22. The smallest absolute Gasteiger partial charge is 0.416 e. The SMILES string of the molecule is CCN(C(=N)N)C(=O)OCc1cccc2c1Cc1ccccc1-2. The van der Waals surface area contributed by atoms with Gasteiger partial charge in [0.05, 0.1) is 0 Å². The quantitative estimate of drug-likeness (QED) is 0.576. The lowest BCUT2D eigenvalue weighted by Gasteiger charge is -2.18. The van der Waals surface area contributed by atoms with Gasteiger partial charge in [-0.15, -0.1) is 0 Å². The van der Waals surface area contributed by atoms with Crippen LogP contribution in [-0.4, -0.2) is 23.5 Å². The summed E-state index contributed by atoms with van der Waals surface area (Å²) in [6, 6.07) is 14.4. The highest BCUT2D eigenvalue weighted by molar-refractivity contribution is 5.91. The molecule has 0 radical (unpaired) electrons. The van der Waals surface area contributed by atoms with Crippen LogP contribution < -0.4 is 5.73 Å². The fourth-order valence-corrected chi connectivity index (χ4v) is 2.97. The van der Waals surface area contributed by atoms with Crippen molar-refractivity contribution in [2.75, 3.05) is 6.54 Å². The summed E-state index contributed by atoms with van der Waals surface area (Å²) in [7, 11) is 0. The molecular formula is C18H19N3O2. The average Bonchev–Trinajstić information content (AvgIpc) is 2.92. The monoisotopic (exact) mass is 309 g/mol. The highest BCUT2D eigenvalue weighted by Crippen LogP contribution is 2.38. The first kappa shape index (κ1) is 15.1. The summed E-state index contributed by atoms with van der Waals surface area (Å²) in [5, 5.41) is 7.38. The van der Waals surface area contributed by atoms with Gasteiger partial charge in [0, 0.05) is 6.54 Å². The van der Waals surface area contributed by atoms with Gasteiger partial charge in [0.15, 0.2) is 5.96 Å². The Balaban J connectivity index is 1.79. The first-order valence-electron chi connectivity index (χ1n) is 7.59. The van der Waals surface area contributed by atoms with E-state index in [9.17, 15) is 4.79 Å². The Morgan fingerprint density at radius 1 is 1.22 bits per heavy atom. The van der Waals surface area contributed by atoms with Gasteiger partial charge in [-0.2, -0.15) is 0 Å². The summed E-state index contributed by atoms with van der Waals surface area (Å²) in [6.07, 6.45) is 0.261. The van der Waals surface area contributed by atoms with Crippen LogP contribution in [0, 0.1) is 5.41 Å². The minimum Gasteiger partial charge on any atom is -0.444 e. The molecule has 0 unspecified atom stereocenters. The summed E-state index contributed by atoms with van der Waals surface area (Å²) < 4.78 is 5.33. The summed E-state index contributed by atoms with van der Waals surface area (Å²) in [4.78, 5) is 13.1. The minimum absolute atomic E-state index is 0.180. The maximum absolute atomic E-state index is 12.0. The second-order valence-corrected chi connectivity index (χ2v) is 5.46. The van der Waals surface area contributed by atoms with Crippen molar-refractivity contribution in [3.05, 3.63) is 59.2 Å². The third kappa shape index (κ3) is 2.77. The molecule has 1 aliphatic rings. The number of guanidine groups is 1. The van der Waals surface area contributed by atoms with Gasteiger partial charge in [-0.1, -0.05) is 42.5 Å². The predicted molar refractivity (Wildman–Crippen MR) is 89.2 cm³/mol. The van der Waals surface area contributed by atoms with Crippen molar-refractivity contribution in [3.8, 4) is 11.1 Å². The maximum Gasteiger partial charge on any atom is 0.416 e. The van der Waals surface area contributed by atoms with Crippen LogP contribution in [-0.2, 0) is 17.8 Å². The van der Waals surface area contributed by atoms with Crippen molar-refractivity contribution < 1.29 is 9.53 Å². The molecule has 0 atom stereocenters. The molecule has 0 saturated carbocycles. The number of fused-ring (bicyclic) bond motifs is 3. The van der Waals surface area contributed by atoms with Crippen LogP contribution in [0.4, 0.5) is 4.79 Å². The number of hydrogen-bond donors (Lipinski definition) is 2. The van der Waals surface area contributed by atoms with Crippen molar-refractivity contribution >= 4 is 12.1 Å². The van der Waals surface area contributed by atoms with Crippen LogP contribution in [0.25, 0.3) is 11.1 Å². The molecule has 1 aliphatic carbocycles. The average molecular weight is 309 g/mol. The molecule has 0 aromatic heterocycles. The number of amides is 1. The molecule has 0 spiro atoms. The van der Waals surface area contributed by atoms with E-state index in [4.69, 9.17) is 15.9 Å². The Labute approximate surface area is 135 Å². The molecule has 0 heterocycles. The highest BCUT2D eigenvalue weighted by atomic mass is 16.6. The van der Waals surface area contributed by atoms with Crippen LogP contribution in [0.5, 0.6) is 0 Å². The normalized spacial score (nSPS) is 11.5. The van der Waals surface area contributed by atoms with Gasteiger partial charge in [0.1, 0.15) is 6.61 Å². The molecule has 5 nitrogen and oxygen atoms in total. The molecule has 2 aromatic rings. The molecular weight excluding hydrogens is 290 g/mol. The van der Waals surface area contributed by atoms with E-state index in [2.05, 4.69) is 18.2 Å². The largest absolute Gasteiger partial charge is 0.444 e. The van der Waals surface area contributed by atoms with Crippen LogP contribution in [0.3, 0.4) is 0 Å². The molecule has 23 heavy (non-hydrogen) atoms. The van der Waals surface area contributed by atoms with Crippen molar-refractivity contribution in [2.45, 2.75) is 20.0 Å². The summed E-state index contributed by atoms with van der Waals surface area (Å²) in [6.45, 7) is 2.24. The van der Waals surface area contributed by atoms with Crippen LogP contribution in [0.2, 0.25) is 0 Å². The van der Waals surface area contributed by atoms with Gasteiger partial charge in [0.25, 0.3) is 0 Å². The summed E-state index contributed by atoms with van der Waals surface area (Å²) in [5.74, 6) is -0.303. The van der Waals surface area contributed by atoms with Crippen LogP contribution in [0.15, 0.2) is 42.5 Å². The van der Waals surface area contributed by atoms with Gasteiger partial charge < -0.3 is 10.5 Å². The van der Waals surface area contributed by atoms with E-state index in [1.54, 1.807) is 6.92 Å². The summed E-state index contributed by atoms with van der Waals surface area (Å²) in [5.41, 5.74) is 11.3. The van der Waals surface area contributed by atoms with E-state index in [0.717, 1.165) is 16.9 Å². The molecule has 0 fully saturated rings. The molecule has 3 N–H and O–H groups in total. The van der Waals surface area contributed by atoms with Crippen molar-refractivity contribution in [2.24, 2.45) is 5.73 Å². The lowest BCUT2D eigenvalue weighted by Crippen LogP contribution is -2.41. The van der Waals surface area contributed by atoms with E-state index >= 15 is 0 Å². The first-order valence-corrected chi connectivity index (χ1v) is 7.59. The van der Waals surface area contributed by atoms with Gasteiger partial charge in [-0.25, -0.2) is 9.69 Å². The third-order valence-electron chi connectivity index (χ3n) is 4.13. The van der Waals surface area contributed by atoms with Crippen LogP contribution in [0.1, 0.15) is 23.6 Å². The molecule has 0 aliphatic heterocycles. The van der Waals surface area contributed by atoms with E-state index in [0.29, 0.717) is 6.54 Å². The van der Waals surface area contributed by atoms with Gasteiger partial charge in [-0.05, 0) is 41.2 Å². The zero-order valence-electron chi connectivity index (χ0n) is 13.0. The second-order valence-electron chi connectivity index (χ2n) is 5.46. The van der Waals surface area contributed by atoms with Gasteiger partial charge >= 0.3 is 6.09 Å². The number of carbonyl (C=O) groups excluding carboxylic acids is 1. The summed E-state index contributed by atoms with van der Waals surface area (Å²) >= 11 is 0. The number of nitrogens with one attached hydrogen (secondary N) is 1. The number of benzene rings is 2. The first-order chi connectivity index (χ1) is 11.1. The number of ether oxygens (including phenoxy) is 1. The fraction of sp³-hybridized carbons (Fsp3) is 0.222.